The van der Waals surface area contributed by atoms with Crippen molar-refractivity contribution in [1.29, 1.82) is 0 Å². The van der Waals surface area contributed by atoms with Crippen molar-refractivity contribution in [2.24, 2.45) is 5.92 Å². The molecule has 0 aliphatic heterocycles. The zero-order chi connectivity index (χ0) is 19.4. The summed E-state index contributed by atoms with van der Waals surface area (Å²) >= 11 is 0. The molecule has 0 saturated heterocycles. The molecule has 0 bridgehead atoms. The lowest BCUT2D eigenvalue weighted by molar-refractivity contribution is -0.132. The number of carbonyl (C=O) groups excluding carboxylic acids is 3. The molecule has 1 aliphatic rings. The summed E-state index contributed by atoms with van der Waals surface area (Å²) in [5.74, 6) is -0.791. The Kier molecular flexibility index (Phi) is 24.6. The average molecular weight is 347 g/mol. The summed E-state index contributed by atoms with van der Waals surface area (Å²) in [6, 6.07) is 0. The molecule has 2 amide bonds. The maximum atomic E-state index is 11.6. The average Bonchev–Trinajstić information content (AvgIpc) is 3.16. The minimum Gasteiger partial charge on any atom is -0.349 e. The van der Waals surface area contributed by atoms with Crippen LogP contribution in [0.25, 0.3) is 0 Å². The molecule has 0 atom stereocenters. The van der Waals surface area contributed by atoms with E-state index in [0.29, 0.717) is 0 Å². The molecule has 0 aromatic rings. The molecule has 1 saturated carbocycles. The van der Waals surface area contributed by atoms with Gasteiger partial charge in [0.1, 0.15) is 0 Å². The first-order valence-corrected chi connectivity index (χ1v) is 9.27. The smallest absolute Gasteiger partial charge is 0.243 e. The van der Waals surface area contributed by atoms with Crippen LogP contribution in [0, 0.1) is 5.92 Å². The first-order chi connectivity index (χ1) is 11.5. The molecule has 144 valence electrons. The molecule has 1 aliphatic carbocycles. The molecule has 3 N–H and O–H groups in total. The minimum atomic E-state index is -0.609. The standard InChI is InChI=1S/C11H18N2O4.C3H8.2C2H6/c14-9(8-3-1-2-4-8)7-12-10(15)5-6-11(16)13-17;1-3-2;2*1-2/h8,17H,1-7H2,(H,12,15)(H,13,16);3H2,1-2H3;2*1-2H3. The summed E-state index contributed by atoms with van der Waals surface area (Å²) in [6.45, 7) is 12.3. The van der Waals surface area contributed by atoms with E-state index in [4.69, 9.17) is 5.21 Å². The predicted octanol–water partition coefficient (Wildman–Crippen LogP) is 3.62. The summed E-state index contributed by atoms with van der Waals surface area (Å²) in [7, 11) is 0. The maximum Gasteiger partial charge on any atom is 0.243 e. The Labute approximate surface area is 147 Å². The maximum absolute atomic E-state index is 11.6. The number of hydroxylamine groups is 1. The Bertz CT molecular complexity index is 314. The Balaban J connectivity index is -0.000000549. The van der Waals surface area contributed by atoms with Crippen molar-refractivity contribution in [3.63, 3.8) is 0 Å². The van der Waals surface area contributed by atoms with E-state index in [1.807, 2.05) is 27.7 Å². The third-order valence-electron chi connectivity index (χ3n) is 2.97. The number of ketones is 1. The van der Waals surface area contributed by atoms with Crippen LogP contribution in [-0.4, -0.2) is 29.3 Å². The molecule has 0 radical (unpaired) electrons. The van der Waals surface area contributed by atoms with Gasteiger partial charge in [-0.15, -0.1) is 0 Å². The van der Waals surface area contributed by atoms with Crippen LogP contribution in [0.1, 0.15) is 86.5 Å². The normalized spacial score (nSPS) is 12.3. The van der Waals surface area contributed by atoms with Crippen molar-refractivity contribution in [2.75, 3.05) is 6.54 Å². The Morgan fingerprint density at radius 2 is 1.33 bits per heavy atom. The molecule has 1 rings (SSSR count). The molecule has 0 unspecified atom stereocenters. The molecule has 6 heteroatoms. The van der Waals surface area contributed by atoms with E-state index in [-0.39, 0.29) is 37.0 Å². The largest absolute Gasteiger partial charge is 0.349 e. The van der Waals surface area contributed by atoms with Gasteiger partial charge in [-0.05, 0) is 12.8 Å². The van der Waals surface area contributed by atoms with Gasteiger partial charge >= 0.3 is 0 Å². The van der Waals surface area contributed by atoms with Crippen LogP contribution in [0.5, 0.6) is 0 Å². The number of hydrogen-bond donors (Lipinski definition) is 3. The summed E-state index contributed by atoms with van der Waals surface area (Å²) in [5, 5.41) is 10.7. The molecule has 24 heavy (non-hydrogen) atoms. The van der Waals surface area contributed by atoms with Gasteiger partial charge in [0.2, 0.25) is 11.8 Å². The summed E-state index contributed by atoms with van der Waals surface area (Å²) in [5.41, 5.74) is 1.44. The van der Waals surface area contributed by atoms with Crippen LogP contribution in [0.15, 0.2) is 0 Å². The number of hydrogen-bond acceptors (Lipinski definition) is 4. The fourth-order valence-electron chi connectivity index (χ4n) is 1.95. The van der Waals surface area contributed by atoms with Crippen molar-refractivity contribution in [2.45, 2.75) is 86.5 Å². The SMILES string of the molecule is CC.CC.CCC.O=C(CCC(=O)NCC(=O)C1CCCC1)NO. The van der Waals surface area contributed by atoms with Crippen molar-refractivity contribution in [1.82, 2.24) is 10.8 Å². The van der Waals surface area contributed by atoms with E-state index >= 15 is 0 Å². The van der Waals surface area contributed by atoms with Gasteiger partial charge in [-0.2, -0.15) is 0 Å². The quantitative estimate of drug-likeness (QED) is 0.505. The zero-order valence-corrected chi connectivity index (χ0v) is 16.4. The predicted molar refractivity (Wildman–Crippen MR) is 97.8 cm³/mol. The second-order valence-corrected chi connectivity index (χ2v) is 4.97. The van der Waals surface area contributed by atoms with Gasteiger partial charge in [0, 0.05) is 18.8 Å². The monoisotopic (exact) mass is 346 g/mol. The highest BCUT2D eigenvalue weighted by atomic mass is 16.5. The van der Waals surface area contributed by atoms with Crippen LogP contribution in [0.2, 0.25) is 0 Å². The number of rotatable bonds is 6. The van der Waals surface area contributed by atoms with Crippen molar-refractivity contribution < 1.29 is 19.6 Å². The lowest BCUT2D eigenvalue weighted by Gasteiger charge is -2.08. The lowest BCUT2D eigenvalue weighted by Crippen LogP contribution is -2.33. The van der Waals surface area contributed by atoms with E-state index in [9.17, 15) is 14.4 Å². The van der Waals surface area contributed by atoms with Gasteiger partial charge in [-0.25, -0.2) is 5.48 Å². The Morgan fingerprint density at radius 3 is 1.75 bits per heavy atom. The first kappa shape index (κ1) is 27.4. The molecule has 0 aromatic carbocycles. The topological polar surface area (TPSA) is 95.5 Å². The highest BCUT2D eigenvalue weighted by Crippen LogP contribution is 2.24. The van der Waals surface area contributed by atoms with E-state index in [1.54, 1.807) is 0 Å². The molecular weight excluding hydrogens is 308 g/mol. The number of Topliss-reactive ketones (excluding diaryl/α,β-unsaturated/α-hetero) is 1. The van der Waals surface area contributed by atoms with Gasteiger partial charge in [0.15, 0.2) is 5.78 Å². The number of carbonyl (C=O) groups is 3. The van der Waals surface area contributed by atoms with Crippen molar-refractivity contribution in [3.8, 4) is 0 Å². The Morgan fingerprint density at radius 1 is 0.917 bits per heavy atom. The molecule has 0 spiro atoms. The van der Waals surface area contributed by atoms with Crippen LogP contribution in [0.4, 0.5) is 0 Å². The summed E-state index contributed by atoms with van der Waals surface area (Å²) < 4.78 is 0. The molecule has 0 heterocycles. The minimum absolute atomic E-state index is 0.0235. The zero-order valence-electron chi connectivity index (χ0n) is 16.4. The molecule has 0 aromatic heterocycles. The third kappa shape index (κ3) is 16.9. The van der Waals surface area contributed by atoms with Gasteiger partial charge in [-0.1, -0.05) is 60.8 Å². The van der Waals surface area contributed by atoms with Crippen LogP contribution < -0.4 is 10.8 Å². The molecular formula is C18H38N2O4. The fourth-order valence-corrected chi connectivity index (χ4v) is 1.95. The van der Waals surface area contributed by atoms with Crippen LogP contribution in [-0.2, 0) is 14.4 Å². The van der Waals surface area contributed by atoms with E-state index in [1.165, 1.54) is 11.9 Å². The van der Waals surface area contributed by atoms with Gasteiger partial charge < -0.3 is 5.32 Å². The highest BCUT2D eigenvalue weighted by Gasteiger charge is 2.22. The Hall–Kier alpha value is -1.43. The van der Waals surface area contributed by atoms with Crippen LogP contribution in [0.3, 0.4) is 0 Å². The summed E-state index contributed by atoms with van der Waals surface area (Å²) in [6.07, 6.45) is 5.15. The third-order valence-corrected chi connectivity index (χ3v) is 2.97. The van der Waals surface area contributed by atoms with E-state index < -0.39 is 5.91 Å². The van der Waals surface area contributed by atoms with E-state index in [2.05, 4.69) is 19.2 Å². The van der Waals surface area contributed by atoms with Gasteiger partial charge in [0.25, 0.3) is 0 Å². The van der Waals surface area contributed by atoms with Crippen molar-refractivity contribution >= 4 is 17.6 Å². The second-order valence-electron chi connectivity index (χ2n) is 4.97. The van der Waals surface area contributed by atoms with Crippen LogP contribution >= 0.6 is 0 Å². The van der Waals surface area contributed by atoms with Gasteiger partial charge in [0.05, 0.1) is 6.54 Å². The highest BCUT2D eigenvalue weighted by molar-refractivity contribution is 5.89. The van der Waals surface area contributed by atoms with E-state index in [0.717, 1.165) is 25.7 Å². The van der Waals surface area contributed by atoms with Gasteiger partial charge in [-0.3, -0.25) is 19.6 Å². The van der Waals surface area contributed by atoms with Crippen molar-refractivity contribution in [3.05, 3.63) is 0 Å². The molecule has 6 nitrogen and oxygen atoms in total. The second kappa shape index (κ2) is 21.6. The fraction of sp³-hybridized carbons (Fsp3) is 0.833. The number of nitrogens with one attached hydrogen (secondary N) is 2. The lowest BCUT2D eigenvalue weighted by atomic mass is 10.0. The molecule has 1 fully saturated rings. The number of amides is 2. The summed E-state index contributed by atoms with van der Waals surface area (Å²) in [4.78, 5) is 33.5. The first-order valence-electron chi connectivity index (χ1n) is 9.27.